The molecule has 1 saturated heterocycles. The van der Waals surface area contributed by atoms with E-state index in [1.807, 2.05) is 29.2 Å². The van der Waals surface area contributed by atoms with E-state index in [0.717, 1.165) is 31.5 Å². The van der Waals surface area contributed by atoms with Crippen molar-refractivity contribution in [2.24, 2.45) is 0 Å². The second kappa shape index (κ2) is 13.1. The minimum Gasteiger partial charge on any atom is -0.368 e. The monoisotopic (exact) mass is 532 g/mol. The lowest BCUT2D eigenvalue weighted by molar-refractivity contribution is -0.128. The quantitative estimate of drug-likeness (QED) is 0.399. The summed E-state index contributed by atoms with van der Waals surface area (Å²) in [5.74, 6) is -0.448. The highest BCUT2D eigenvalue weighted by Gasteiger charge is 2.21. The molecule has 0 saturated carbocycles. The zero-order valence-corrected chi connectivity index (χ0v) is 22.3. The minimum absolute atomic E-state index is 0.0561. The van der Waals surface area contributed by atoms with Crippen molar-refractivity contribution in [1.82, 2.24) is 10.2 Å². The van der Waals surface area contributed by atoms with Crippen LogP contribution < -0.4 is 15.5 Å². The van der Waals surface area contributed by atoms with Gasteiger partial charge in [-0.3, -0.25) is 14.4 Å². The van der Waals surface area contributed by atoms with E-state index in [0.29, 0.717) is 48.0 Å². The zero-order valence-electron chi connectivity index (χ0n) is 21.6. The third kappa shape index (κ3) is 7.35. The summed E-state index contributed by atoms with van der Waals surface area (Å²) in [5, 5.41) is 6.45. The smallest absolute Gasteiger partial charge is 0.255 e. The maximum Gasteiger partial charge on any atom is 0.255 e. The predicted octanol–water partition coefficient (Wildman–Crippen LogP) is 5.01. The Hall–Kier alpha value is -3.84. The molecule has 198 valence electrons. The molecule has 1 fully saturated rings. The van der Waals surface area contributed by atoms with Crippen LogP contribution in [0.5, 0.6) is 0 Å². The van der Waals surface area contributed by atoms with Crippen LogP contribution in [0.2, 0.25) is 5.02 Å². The Morgan fingerprint density at radius 3 is 2.39 bits per heavy atom. The van der Waals surface area contributed by atoms with Crippen LogP contribution in [0.25, 0.3) is 0 Å². The summed E-state index contributed by atoms with van der Waals surface area (Å²) in [7, 11) is 0. The van der Waals surface area contributed by atoms with Crippen LogP contribution >= 0.6 is 11.6 Å². The molecule has 7 nitrogen and oxygen atoms in total. The van der Waals surface area contributed by atoms with Crippen molar-refractivity contribution in [2.75, 3.05) is 42.9 Å². The number of carbonyl (C=O) groups excluding carboxylic acids is 3. The molecule has 0 unspecified atom stereocenters. The molecule has 1 aliphatic rings. The van der Waals surface area contributed by atoms with Gasteiger partial charge in [0.25, 0.3) is 11.8 Å². The van der Waals surface area contributed by atoms with Crippen LogP contribution in [-0.2, 0) is 11.2 Å². The SMILES string of the molecule is CC(=O)N1CCCN(c2ccc(C(=O)NCCCc3ccccc3)cc2NC(=O)c2cccc(Cl)c2)CC1. The van der Waals surface area contributed by atoms with Crippen molar-refractivity contribution < 1.29 is 14.4 Å². The summed E-state index contributed by atoms with van der Waals surface area (Å²) in [6, 6.07) is 22.3. The molecule has 1 aliphatic heterocycles. The fourth-order valence-corrected chi connectivity index (χ4v) is 4.78. The van der Waals surface area contributed by atoms with Crippen molar-refractivity contribution in [3.8, 4) is 0 Å². The average molecular weight is 533 g/mol. The lowest BCUT2D eigenvalue weighted by Crippen LogP contribution is -2.34. The first-order valence-corrected chi connectivity index (χ1v) is 13.3. The number of amides is 3. The molecular formula is C30H33ClN4O3. The van der Waals surface area contributed by atoms with E-state index in [-0.39, 0.29) is 17.7 Å². The van der Waals surface area contributed by atoms with Crippen molar-refractivity contribution in [1.29, 1.82) is 0 Å². The van der Waals surface area contributed by atoms with Gasteiger partial charge in [0.1, 0.15) is 0 Å². The van der Waals surface area contributed by atoms with E-state index in [9.17, 15) is 14.4 Å². The highest BCUT2D eigenvalue weighted by Crippen LogP contribution is 2.29. The molecular weight excluding hydrogens is 500 g/mol. The van der Waals surface area contributed by atoms with Crippen molar-refractivity contribution in [3.05, 3.63) is 94.5 Å². The Morgan fingerprint density at radius 1 is 0.842 bits per heavy atom. The van der Waals surface area contributed by atoms with Gasteiger partial charge in [-0.05, 0) is 61.2 Å². The fraction of sp³-hybridized carbons (Fsp3) is 0.300. The average Bonchev–Trinajstić information content (AvgIpc) is 3.18. The molecule has 1 heterocycles. The van der Waals surface area contributed by atoms with Crippen LogP contribution in [0.3, 0.4) is 0 Å². The van der Waals surface area contributed by atoms with Gasteiger partial charge >= 0.3 is 0 Å². The highest BCUT2D eigenvalue weighted by molar-refractivity contribution is 6.31. The number of benzene rings is 3. The molecule has 3 aromatic carbocycles. The van der Waals surface area contributed by atoms with Crippen LogP contribution in [-0.4, -0.2) is 55.3 Å². The van der Waals surface area contributed by atoms with Gasteiger partial charge < -0.3 is 20.4 Å². The molecule has 0 atom stereocenters. The molecule has 3 amide bonds. The Kier molecular flexibility index (Phi) is 9.38. The highest BCUT2D eigenvalue weighted by atomic mass is 35.5. The van der Waals surface area contributed by atoms with Gasteiger partial charge in [0.05, 0.1) is 11.4 Å². The Balaban J connectivity index is 1.50. The van der Waals surface area contributed by atoms with E-state index >= 15 is 0 Å². The Morgan fingerprint density at radius 2 is 1.63 bits per heavy atom. The van der Waals surface area contributed by atoms with Crippen LogP contribution in [0.15, 0.2) is 72.8 Å². The van der Waals surface area contributed by atoms with E-state index < -0.39 is 0 Å². The molecule has 0 spiro atoms. The summed E-state index contributed by atoms with van der Waals surface area (Å²) in [4.78, 5) is 41.9. The molecule has 38 heavy (non-hydrogen) atoms. The summed E-state index contributed by atoms with van der Waals surface area (Å²) in [6.45, 7) is 4.78. The number of carbonyl (C=O) groups is 3. The lowest BCUT2D eigenvalue weighted by Gasteiger charge is -2.26. The van der Waals surface area contributed by atoms with Crippen LogP contribution in [0.1, 0.15) is 46.0 Å². The first-order valence-electron chi connectivity index (χ1n) is 12.9. The minimum atomic E-state index is -0.311. The first kappa shape index (κ1) is 27.2. The number of nitrogens with one attached hydrogen (secondary N) is 2. The van der Waals surface area contributed by atoms with Crippen LogP contribution in [0.4, 0.5) is 11.4 Å². The largest absolute Gasteiger partial charge is 0.368 e. The van der Waals surface area contributed by atoms with Gasteiger partial charge in [0.15, 0.2) is 0 Å². The molecule has 4 rings (SSSR count). The maximum atomic E-state index is 13.1. The van der Waals surface area contributed by atoms with E-state index in [4.69, 9.17) is 11.6 Å². The molecule has 3 aromatic rings. The number of anilines is 2. The number of nitrogens with zero attached hydrogens (tertiary/aromatic N) is 2. The van der Waals surface area contributed by atoms with Gasteiger partial charge in [-0.2, -0.15) is 0 Å². The summed E-state index contributed by atoms with van der Waals surface area (Å²) >= 11 is 6.10. The molecule has 0 aromatic heterocycles. The van der Waals surface area contributed by atoms with Gasteiger partial charge in [0, 0.05) is 55.8 Å². The number of halogens is 1. The predicted molar refractivity (Wildman–Crippen MR) is 152 cm³/mol. The maximum absolute atomic E-state index is 13.1. The summed E-state index contributed by atoms with van der Waals surface area (Å²) < 4.78 is 0. The molecule has 0 radical (unpaired) electrons. The Bertz CT molecular complexity index is 1280. The van der Waals surface area contributed by atoms with Crippen molar-refractivity contribution in [2.45, 2.75) is 26.2 Å². The van der Waals surface area contributed by atoms with Crippen molar-refractivity contribution in [3.63, 3.8) is 0 Å². The Labute approximate surface area is 228 Å². The standard InChI is InChI=1S/C30H33ClN4O3/c1-22(36)34-16-7-17-35(19-18-34)28-14-13-25(29(37)32-15-6-10-23-8-3-2-4-9-23)21-27(28)33-30(38)24-11-5-12-26(31)20-24/h2-5,8-9,11-14,20-21H,6-7,10,15-19H2,1H3,(H,32,37)(H,33,38). The van der Waals surface area contributed by atoms with E-state index in [1.54, 1.807) is 43.3 Å². The van der Waals surface area contributed by atoms with Gasteiger partial charge in [-0.15, -0.1) is 0 Å². The third-order valence-electron chi connectivity index (χ3n) is 6.65. The van der Waals surface area contributed by atoms with Gasteiger partial charge in [-0.25, -0.2) is 0 Å². The summed E-state index contributed by atoms with van der Waals surface area (Å²) in [6.07, 6.45) is 2.52. The van der Waals surface area contributed by atoms with Gasteiger partial charge in [-0.1, -0.05) is 48.0 Å². The second-order valence-corrected chi connectivity index (χ2v) is 9.82. The normalized spacial score (nSPS) is 13.5. The molecule has 2 N–H and O–H groups in total. The lowest BCUT2D eigenvalue weighted by atomic mass is 10.1. The van der Waals surface area contributed by atoms with Crippen LogP contribution in [0, 0.1) is 0 Å². The van der Waals surface area contributed by atoms with E-state index in [2.05, 4.69) is 27.7 Å². The zero-order chi connectivity index (χ0) is 26.9. The molecule has 0 bridgehead atoms. The van der Waals surface area contributed by atoms with E-state index in [1.165, 1.54) is 5.56 Å². The number of hydrogen-bond acceptors (Lipinski definition) is 4. The molecule has 8 heteroatoms. The number of aryl methyl sites for hydroxylation is 1. The number of hydrogen-bond donors (Lipinski definition) is 2. The van der Waals surface area contributed by atoms with Gasteiger partial charge in [0.2, 0.25) is 5.91 Å². The summed E-state index contributed by atoms with van der Waals surface area (Å²) in [5.41, 5.74) is 3.49. The third-order valence-corrected chi connectivity index (χ3v) is 6.88. The molecule has 0 aliphatic carbocycles. The van der Waals surface area contributed by atoms with Crippen molar-refractivity contribution >= 4 is 40.7 Å². The fourth-order valence-electron chi connectivity index (χ4n) is 4.59. The second-order valence-electron chi connectivity index (χ2n) is 9.39. The first-order chi connectivity index (χ1) is 18.4. The number of rotatable bonds is 8. The topological polar surface area (TPSA) is 81.8 Å².